The number of rotatable bonds is 7. The molecule has 1 saturated heterocycles. The largest absolute Gasteiger partial charge is 0.480 e. The van der Waals surface area contributed by atoms with Crippen LogP contribution in [0.15, 0.2) is 0 Å². The van der Waals surface area contributed by atoms with Gasteiger partial charge in [0.2, 0.25) is 0 Å². The minimum atomic E-state index is -0.996. The molecule has 0 atom stereocenters. The van der Waals surface area contributed by atoms with Crippen LogP contribution in [-0.4, -0.2) is 54.9 Å². The lowest BCUT2D eigenvalue weighted by Crippen LogP contribution is -2.45. The highest BCUT2D eigenvalue weighted by atomic mass is 16.5. The summed E-state index contributed by atoms with van der Waals surface area (Å²) in [7, 11) is 0. The van der Waals surface area contributed by atoms with Crippen LogP contribution >= 0.6 is 0 Å². The number of hydrogen-bond acceptors (Lipinski definition) is 3. The van der Waals surface area contributed by atoms with Gasteiger partial charge in [-0.2, -0.15) is 0 Å². The maximum atomic E-state index is 11.8. The lowest BCUT2D eigenvalue weighted by atomic mass is 9.93. The Balaban J connectivity index is 2.09. The molecular weight excluding hydrogens is 248 g/mol. The molecule has 2 amide bonds. The highest BCUT2D eigenvalue weighted by molar-refractivity contribution is 5.74. The van der Waals surface area contributed by atoms with Crippen molar-refractivity contribution >= 4 is 12.0 Å². The number of hydrogen-bond donors (Lipinski definition) is 2. The van der Waals surface area contributed by atoms with Gasteiger partial charge in [0.15, 0.2) is 0 Å². The zero-order valence-corrected chi connectivity index (χ0v) is 11.6. The van der Waals surface area contributed by atoms with Crippen LogP contribution in [0.4, 0.5) is 4.79 Å². The molecule has 0 aromatic carbocycles. The van der Waals surface area contributed by atoms with E-state index in [4.69, 9.17) is 9.84 Å². The Morgan fingerprint density at radius 3 is 2.63 bits per heavy atom. The molecule has 1 rings (SSSR count). The fraction of sp³-hybridized carbons (Fsp3) is 0.846. The number of likely N-dealkylation sites (tertiary alicyclic amines) is 1. The molecular formula is C13H24N2O4. The summed E-state index contributed by atoms with van der Waals surface area (Å²) in [5.41, 5.74) is 0. The fourth-order valence-corrected chi connectivity index (χ4v) is 2.33. The summed E-state index contributed by atoms with van der Waals surface area (Å²) in [6.45, 7) is 4.07. The molecule has 0 radical (unpaired) electrons. The fourth-order valence-electron chi connectivity index (χ4n) is 2.33. The van der Waals surface area contributed by atoms with E-state index in [1.165, 1.54) is 12.8 Å². The number of carbonyl (C=O) groups excluding carboxylic acids is 1. The lowest BCUT2D eigenvalue weighted by Gasteiger charge is -2.31. The van der Waals surface area contributed by atoms with Crippen molar-refractivity contribution in [3.8, 4) is 0 Å². The highest BCUT2D eigenvalue weighted by Crippen LogP contribution is 2.21. The van der Waals surface area contributed by atoms with Gasteiger partial charge in [-0.1, -0.05) is 19.8 Å². The summed E-state index contributed by atoms with van der Waals surface area (Å²) < 4.78 is 4.85. The second-order valence-electron chi connectivity index (χ2n) is 4.90. The molecule has 1 fully saturated rings. The lowest BCUT2D eigenvalue weighted by molar-refractivity contribution is -0.142. The van der Waals surface area contributed by atoms with Crippen LogP contribution in [0.5, 0.6) is 0 Å². The normalized spacial score (nSPS) is 16.4. The van der Waals surface area contributed by atoms with Crippen molar-refractivity contribution in [2.75, 3.05) is 32.8 Å². The summed E-state index contributed by atoms with van der Waals surface area (Å²) in [5.74, 6) is -0.239. The first kappa shape index (κ1) is 15.8. The monoisotopic (exact) mass is 272 g/mol. The third-order valence-electron chi connectivity index (χ3n) is 3.35. The number of carbonyl (C=O) groups is 2. The number of urea groups is 1. The van der Waals surface area contributed by atoms with Gasteiger partial charge in [0, 0.05) is 19.6 Å². The first-order chi connectivity index (χ1) is 9.13. The molecule has 6 heteroatoms. The standard InChI is InChI=1S/C13H24N2O4/c1-2-3-11-4-7-15(8-5-11)13(18)14-6-9-19-10-12(16)17/h11H,2-10H2,1H3,(H,14,18)(H,16,17). The number of carboxylic acids is 1. The van der Waals surface area contributed by atoms with Gasteiger partial charge in [0.25, 0.3) is 0 Å². The van der Waals surface area contributed by atoms with Crippen LogP contribution in [0.1, 0.15) is 32.6 Å². The number of carboxylic acid groups (broad SMARTS) is 1. The quantitative estimate of drug-likeness (QED) is 0.685. The van der Waals surface area contributed by atoms with Crippen molar-refractivity contribution in [2.45, 2.75) is 32.6 Å². The van der Waals surface area contributed by atoms with Gasteiger partial charge in [-0.3, -0.25) is 0 Å². The van der Waals surface area contributed by atoms with Crippen LogP contribution < -0.4 is 5.32 Å². The number of piperidine rings is 1. The van der Waals surface area contributed by atoms with E-state index in [2.05, 4.69) is 12.2 Å². The number of nitrogens with one attached hydrogen (secondary N) is 1. The molecule has 1 aliphatic rings. The van der Waals surface area contributed by atoms with Crippen molar-refractivity contribution in [1.82, 2.24) is 10.2 Å². The Morgan fingerprint density at radius 2 is 2.05 bits per heavy atom. The number of amides is 2. The van der Waals surface area contributed by atoms with Gasteiger partial charge in [-0.05, 0) is 18.8 Å². The van der Waals surface area contributed by atoms with Crippen LogP contribution in [0.3, 0.4) is 0 Å². The predicted octanol–water partition coefficient (Wildman–Crippen LogP) is 1.31. The highest BCUT2D eigenvalue weighted by Gasteiger charge is 2.21. The molecule has 6 nitrogen and oxygen atoms in total. The van der Waals surface area contributed by atoms with E-state index in [0.29, 0.717) is 6.54 Å². The summed E-state index contributed by atoms with van der Waals surface area (Å²) in [6.07, 6.45) is 4.61. The van der Waals surface area contributed by atoms with Crippen LogP contribution in [0.25, 0.3) is 0 Å². The molecule has 110 valence electrons. The van der Waals surface area contributed by atoms with Gasteiger partial charge in [-0.15, -0.1) is 0 Å². The van der Waals surface area contributed by atoms with Crippen molar-refractivity contribution in [3.63, 3.8) is 0 Å². The van der Waals surface area contributed by atoms with Gasteiger partial charge in [0.05, 0.1) is 6.61 Å². The van der Waals surface area contributed by atoms with E-state index >= 15 is 0 Å². The van der Waals surface area contributed by atoms with E-state index < -0.39 is 5.97 Å². The summed E-state index contributed by atoms with van der Waals surface area (Å²) in [4.78, 5) is 23.8. The zero-order valence-electron chi connectivity index (χ0n) is 11.6. The van der Waals surface area contributed by atoms with Crippen molar-refractivity contribution in [3.05, 3.63) is 0 Å². The second kappa shape index (κ2) is 8.74. The third kappa shape index (κ3) is 6.42. The Bertz CT molecular complexity index is 288. The van der Waals surface area contributed by atoms with Crippen LogP contribution in [0, 0.1) is 5.92 Å². The average molecular weight is 272 g/mol. The molecule has 1 heterocycles. The maximum absolute atomic E-state index is 11.8. The molecule has 0 unspecified atom stereocenters. The average Bonchev–Trinajstić information content (AvgIpc) is 2.39. The van der Waals surface area contributed by atoms with E-state index in [0.717, 1.165) is 31.8 Å². The second-order valence-corrected chi connectivity index (χ2v) is 4.90. The number of aliphatic carboxylic acids is 1. The topological polar surface area (TPSA) is 78.9 Å². The molecule has 0 spiro atoms. The third-order valence-corrected chi connectivity index (χ3v) is 3.35. The van der Waals surface area contributed by atoms with Crippen LogP contribution in [0.2, 0.25) is 0 Å². The van der Waals surface area contributed by atoms with E-state index in [1.54, 1.807) is 0 Å². The molecule has 0 aliphatic carbocycles. The number of ether oxygens (including phenoxy) is 1. The van der Waals surface area contributed by atoms with Gasteiger partial charge in [0.1, 0.15) is 6.61 Å². The maximum Gasteiger partial charge on any atom is 0.329 e. The molecule has 0 bridgehead atoms. The smallest absolute Gasteiger partial charge is 0.329 e. The minimum absolute atomic E-state index is 0.0751. The SMILES string of the molecule is CCCC1CCN(C(=O)NCCOCC(=O)O)CC1. The Hall–Kier alpha value is -1.30. The molecule has 2 N–H and O–H groups in total. The van der Waals surface area contributed by atoms with Crippen molar-refractivity contribution < 1.29 is 19.4 Å². The molecule has 0 aromatic heterocycles. The van der Waals surface area contributed by atoms with Gasteiger partial charge in [-0.25, -0.2) is 9.59 Å². The first-order valence-corrected chi connectivity index (χ1v) is 6.95. The van der Waals surface area contributed by atoms with E-state index in [1.807, 2.05) is 4.90 Å². The van der Waals surface area contributed by atoms with Crippen molar-refractivity contribution in [2.24, 2.45) is 5.92 Å². The molecule has 19 heavy (non-hydrogen) atoms. The minimum Gasteiger partial charge on any atom is -0.480 e. The molecule has 0 saturated carbocycles. The van der Waals surface area contributed by atoms with Gasteiger partial charge >= 0.3 is 12.0 Å². The van der Waals surface area contributed by atoms with Crippen LogP contribution in [-0.2, 0) is 9.53 Å². The first-order valence-electron chi connectivity index (χ1n) is 6.95. The predicted molar refractivity (Wildman–Crippen MR) is 71.1 cm³/mol. The Labute approximate surface area is 114 Å². The summed E-state index contributed by atoms with van der Waals surface area (Å²) in [5, 5.41) is 11.1. The Morgan fingerprint density at radius 1 is 1.37 bits per heavy atom. The number of nitrogens with zero attached hydrogens (tertiary/aromatic N) is 1. The zero-order chi connectivity index (χ0) is 14.1. The molecule has 1 aliphatic heterocycles. The van der Waals surface area contributed by atoms with Crippen molar-refractivity contribution in [1.29, 1.82) is 0 Å². The molecule has 0 aromatic rings. The summed E-state index contributed by atoms with van der Waals surface area (Å²) >= 11 is 0. The van der Waals surface area contributed by atoms with E-state index in [-0.39, 0.29) is 19.2 Å². The Kier molecular flexibility index (Phi) is 7.25. The van der Waals surface area contributed by atoms with E-state index in [9.17, 15) is 9.59 Å². The van der Waals surface area contributed by atoms with Gasteiger partial charge < -0.3 is 20.1 Å². The summed E-state index contributed by atoms with van der Waals surface area (Å²) in [6, 6.07) is -0.0751.